The van der Waals surface area contributed by atoms with Gasteiger partial charge in [-0.05, 0) is 27.8 Å². The van der Waals surface area contributed by atoms with Crippen molar-refractivity contribution in [2.24, 2.45) is 10.9 Å². The van der Waals surface area contributed by atoms with E-state index in [1.54, 1.807) is 0 Å². The van der Waals surface area contributed by atoms with Crippen molar-refractivity contribution in [2.75, 3.05) is 13.6 Å². The van der Waals surface area contributed by atoms with Crippen molar-refractivity contribution in [1.82, 2.24) is 4.90 Å². The number of rotatable bonds is 0. The molecule has 0 saturated heterocycles. The summed E-state index contributed by atoms with van der Waals surface area (Å²) in [5.41, 5.74) is 1.30. The molecule has 0 bridgehead atoms. The number of hydrogen-bond donors (Lipinski definition) is 0. The summed E-state index contributed by atoms with van der Waals surface area (Å²) in [6, 6.07) is 0. The van der Waals surface area contributed by atoms with Crippen LogP contribution in [0.5, 0.6) is 0 Å². The normalized spacial score (nSPS) is 31.7. The SMILES string of the molecule is CC1=NC(C)(C)N(C)CC1C. The molecule has 0 saturated carbocycles. The van der Waals surface area contributed by atoms with Gasteiger partial charge in [0.2, 0.25) is 0 Å². The third-order valence-corrected chi connectivity index (χ3v) is 2.65. The molecule has 0 aromatic heterocycles. The summed E-state index contributed by atoms with van der Waals surface area (Å²) in [4.78, 5) is 6.92. The van der Waals surface area contributed by atoms with E-state index in [2.05, 4.69) is 44.6 Å². The third-order valence-electron chi connectivity index (χ3n) is 2.65. The Morgan fingerprint density at radius 1 is 1.55 bits per heavy atom. The van der Waals surface area contributed by atoms with Crippen LogP contribution in [0.15, 0.2) is 4.99 Å². The highest BCUT2D eigenvalue weighted by molar-refractivity contribution is 5.85. The lowest BCUT2D eigenvalue weighted by molar-refractivity contribution is 0.141. The summed E-state index contributed by atoms with van der Waals surface area (Å²) in [6.07, 6.45) is 0. The maximum atomic E-state index is 4.62. The van der Waals surface area contributed by atoms with Crippen molar-refractivity contribution < 1.29 is 0 Å². The quantitative estimate of drug-likeness (QED) is 0.519. The van der Waals surface area contributed by atoms with Crippen LogP contribution in [0.25, 0.3) is 0 Å². The van der Waals surface area contributed by atoms with E-state index in [1.807, 2.05) is 0 Å². The zero-order valence-corrected chi connectivity index (χ0v) is 8.18. The van der Waals surface area contributed by atoms with Crippen molar-refractivity contribution in [3.05, 3.63) is 0 Å². The molecule has 2 heteroatoms. The smallest absolute Gasteiger partial charge is 0.107 e. The van der Waals surface area contributed by atoms with Crippen molar-refractivity contribution in [2.45, 2.75) is 33.4 Å². The maximum absolute atomic E-state index is 4.62. The minimum absolute atomic E-state index is 0.0105. The molecule has 1 atom stereocenters. The first-order valence-electron chi connectivity index (χ1n) is 4.21. The average Bonchev–Trinajstić information content (AvgIpc) is 1.83. The van der Waals surface area contributed by atoms with Gasteiger partial charge in [-0.2, -0.15) is 0 Å². The van der Waals surface area contributed by atoms with Crippen molar-refractivity contribution in [3.8, 4) is 0 Å². The third kappa shape index (κ3) is 1.62. The van der Waals surface area contributed by atoms with Crippen LogP contribution in [0.3, 0.4) is 0 Å². The highest BCUT2D eigenvalue weighted by atomic mass is 15.3. The molecule has 11 heavy (non-hydrogen) atoms. The van der Waals surface area contributed by atoms with Crippen molar-refractivity contribution >= 4 is 5.71 Å². The van der Waals surface area contributed by atoms with Crippen LogP contribution in [-0.2, 0) is 0 Å². The van der Waals surface area contributed by atoms with E-state index in [0.717, 1.165) is 6.54 Å². The average molecular weight is 154 g/mol. The molecule has 1 rings (SSSR count). The van der Waals surface area contributed by atoms with E-state index < -0.39 is 0 Å². The van der Waals surface area contributed by atoms with Gasteiger partial charge in [0.15, 0.2) is 0 Å². The Labute approximate surface area is 69.3 Å². The molecule has 1 aliphatic heterocycles. The zero-order chi connectivity index (χ0) is 8.65. The second-order valence-corrected chi connectivity index (χ2v) is 4.03. The van der Waals surface area contributed by atoms with Gasteiger partial charge in [0.25, 0.3) is 0 Å². The Morgan fingerprint density at radius 2 is 2.09 bits per heavy atom. The Hall–Kier alpha value is -0.370. The first-order valence-corrected chi connectivity index (χ1v) is 4.21. The zero-order valence-electron chi connectivity index (χ0n) is 8.18. The lowest BCUT2D eigenvalue weighted by Crippen LogP contribution is -2.47. The fourth-order valence-corrected chi connectivity index (χ4v) is 1.39. The number of aliphatic imine (C=N–C) groups is 1. The Kier molecular flexibility index (Phi) is 2.06. The predicted molar refractivity (Wildman–Crippen MR) is 49.0 cm³/mol. The van der Waals surface area contributed by atoms with E-state index in [0.29, 0.717) is 5.92 Å². The van der Waals surface area contributed by atoms with Crippen LogP contribution < -0.4 is 0 Å². The monoisotopic (exact) mass is 154 g/mol. The molecule has 1 aliphatic rings. The van der Waals surface area contributed by atoms with Crippen LogP contribution in [0.1, 0.15) is 27.7 Å². The summed E-state index contributed by atoms with van der Waals surface area (Å²) in [7, 11) is 2.13. The lowest BCUT2D eigenvalue weighted by atomic mass is 10.0. The van der Waals surface area contributed by atoms with Gasteiger partial charge in [-0.15, -0.1) is 0 Å². The van der Waals surface area contributed by atoms with E-state index in [4.69, 9.17) is 0 Å². The fourth-order valence-electron chi connectivity index (χ4n) is 1.39. The molecule has 0 aromatic rings. The van der Waals surface area contributed by atoms with Crippen LogP contribution in [0, 0.1) is 5.92 Å². The highest BCUT2D eigenvalue weighted by Gasteiger charge is 2.29. The summed E-state index contributed by atoms with van der Waals surface area (Å²) in [5, 5.41) is 0. The summed E-state index contributed by atoms with van der Waals surface area (Å²) in [6.45, 7) is 9.79. The van der Waals surface area contributed by atoms with Crippen molar-refractivity contribution in [1.29, 1.82) is 0 Å². The molecule has 0 aromatic carbocycles. The maximum Gasteiger partial charge on any atom is 0.107 e. The summed E-state index contributed by atoms with van der Waals surface area (Å²) in [5.74, 6) is 0.619. The standard InChI is InChI=1S/C9H18N2/c1-7-6-11(5)9(3,4)10-8(7)2/h7H,6H2,1-5H3. The van der Waals surface area contributed by atoms with Gasteiger partial charge >= 0.3 is 0 Å². The summed E-state index contributed by atoms with van der Waals surface area (Å²) < 4.78 is 0. The predicted octanol–water partition coefficient (Wildman–Crippen LogP) is 1.76. The first kappa shape index (κ1) is 8.72. The number of nitrogens with zero attached hydrogens (tertiary/aromatic N) is 2. The number of hydrogen-bond acceptors (Lipinski definition) is 2. The van der Waals surface area contributed by atoms with Crippen LogP contribution in [0.4, 0.5) is 0 Å². The molecule has 1 heterocycles. The molecule has 0 spiro atoms. The van der Waals surface area contributed by atoms with Crippen molar-refractivity contribution in [3.63, 3.8) is 0 Å². The van der Waals surface area contributed by atoms with Crippen LogP contribution in [0.2, 0.25) is 0 Å². The van der Waals surface area contributed by atoms with Gasteiger partial charge in [-0.25, -0.2) is 0 Å². The Morgan fingerprint density at radius 3 is 2.55 bits per heavy atom. The Bertz CT molecular complexity index is 182. The fraction of sp³-hybridized carbons (Fsp3) is 0.889. The Balaban J connectivity index is 2.87. The van der Waals surface area contributed by atoms with Gasteiger partial charge < -0.3 is 0 Å². The second kappa shape index (κ2) is 2.59. The van der Waals surface area contributed by atoms with Crippen LogP contribution >= 0.6 is 0 Å². The van der Waals surface area contributed by atoms with E-state index >= 15 is 0 Å². The molecular weight excluding hydrogens is 136 g/mol. The topological polar surface area (TPSA) is 15.6 Å². The van der Waals surface area contributed by atoms with Gasteiger partial charge in [-0.3, -0.25) is 9.89 Å². The minimum atomic E-state index is 0.0105. The highest BCUT2D eigenvalue weighted by Crippen LogP contribution is 2.22. The second-order valence-electron chi connectivity index (χ2n) is 4.03. The molecule has 0 N–H and O–H groups in total. The first-order chi connectivity index (χ1) is 4.93. The molecule has 1 unspecified atom stereocenters. The van der Waals surface area contributed by atoms with Gasteiger partial charge in [0, 0.05) is 18.2 Å². The van der Waals surface area contributed by atoms with Gasteiger partial charge in [-0.1, -0.05) is 6.92 Å². The molecule has 2 nitrogen and oxygen atoms in total. The largest absolute Gasteiger partial charge is 0.282 e. The molecular formula is C9H18N2. The summed E-state index contributed by atoms with van der Waals surface area (Å²) >= 11 is 0. The van der Waals surface area contributed by atoms with Crippen LogP contribution in [-0.4, -0.2) is 29.9 Å². The van der Waals surface area contributed by atoms with Gasteiger partial charge in [0.1, 0.15) is 5.66 Å². The minimum Gasteiger partial charge on any atom is -0.282 e. The molecule has 0 aliphatic carbocycles. The molecule has 0 fully saturated rings. The molecule has 0 radical (unpaired) electrons. The van der Waals surface area contributed by atoms with E-state index in [9.17, 15) is 0 Å². The van der Waals surface area contributed by atoms with E-state index in [1.165, 1.54) is 5.71 Å². The molecule has 0 amide bonds. The van der Waals surface area contributed by atoms with E-state index in [-0.39, 0.29) is 5.66 Å². The van der Waals surface area contributed by atoms with Gasteiger partial charge in [0.05, 0.1) is 0 Å². The lowest BCUT2D eigenvalue weighted by Gasteiger charge is -2.39. The molecule has 64 valence electrons.